The van der Waals surface area contributed by atoms with Crippen LogP contribution in [0.3, 0.4) is 0 Å². The molecule has 1 aromatic heterocycles. The fraction of sp³-hybridized carbons (Fsp3) is 0.600. The summed E-state index contributed by atoms with van der Waals surface area (Å²) in [5, 5.41) is 0. The van der Waals surface area contributed by atoms with Crippen LogP contribution in [-0.2, 0) is 6.42 Å². The van der Waals surface area contributed by atoms with Crippen LogP contribution in [0.2, 0.25) is 0 Å². The summed E-state index contributed by atoms with van der Waals surface area (Å²) in [4.78, 5) is 20.0. The summed E-state index contributed by atoms with van der Waals surface area (Å²) in [6, 6.07) is 5.52. The van der Waals surface area contributed by atoms with Crippen LogP contribution in [0.15, 0.2) is 47.4 Å². The zero-order chi connectivity index (χ0) is 21.4. The number of allylic oxidation sites excluding steroid dienone is 2. The molecule has 0 saturated carbocycles. The summed E-state index contributed by atoms with van der Waals surface area (Å²) in [5.74, 6) is 2.46. The summed E-state index contributed by atoms with van der Waals surface area (Å²) in [6.45, 7) is 11.0. The first kappa shape index (κ1) is 20.7. The van der Waals surface area contributed by atoms with Crippen LogP contribution < -0.4 is 0 Å². The lowest BCUT2D eigenvalue weighted by molar-refractivity contribution is 0.122. The van der Waals surface area contributed by atoms with E-state index in [4.69, 9.17) is 9.98 Å². The Morgan fingerprint density at radius 2 is 2.03 bits per heavy atom. The minimum absolute atomic E-state index is 0.296. The second-order valence-corrected chi connectivity index (χ2v) is 9.67. The van der Waals surface area contributed by atoms with Gasteiger partial charge in [0.1, 0.15) is 11.7 Å². The van der Waals surface area contributed by atoms with Gasteiger partial charge in [-0.1, -0.05) is 12.1 Å². The zero-order valence-electron chi connectivity index (χ0n) is 19.2. The van der Waals surface area contributed by atoms with Gasteiger partial charge in [0.2, 0.25) is 0 Å². The third kappa shape index (κ3) is 4.15. The smallest absolute Gasteiger partial charge is 0.129 e. The molecule has 6 nitrogen and oxygen atoms in total. The molecule has 31 heavy (non-hydrogen) atoms. The van der Waals surface area contributed by atoms with E-state index < -0.39 is 0 Å². The minimum atomic E-state index is 0.296. The summed E-state index contributed by atoms with van der Waals surface area (Å²) in [7, 11) is 2.21. The number of hydrogen-bond donors (Lipinski definition) is 0. The number of piperazine rings is 1. The van der Waals surface area contributed by atoms with Gasteiger partial charge in [-0.25, -0.2) is 0 Å². The summed E-state index contributed by atoms with van der Waals surface area (Å²) >= 11 is 0. The SMILES string of the molecule is CC(C)N(CC1CN2C(N3CCN(C)CC3)=CC=CC2=N1)C1CCCc2cccnc21. The third-order valence-electron chi connectivity index (χ3n) is 7.23. The molecule has 4 heterocycles. The van der Waals surface area contributed by atoms with E-state index >= 15 is 0 Å². The van der Waals surface area contributed by atoms with Crippen molar-refractivity contribution in [2.24, 2.45) is 4.99 Å². The fourth-order valence-electron chi connectivity index (χ4n) is 5.52. The highest BCUT2D eigenvalue weighted by molar-refractivity contribution is 5.96. The number of aryl methyl sites for hydroxylation is 1. The first-order chi connectivity index (χ1) is 15.1. The molecule has 5 rings (SSSR count). The van der Waals surface area contributed by atoms with Gasteiger partial charge in [-0.05, 0) is 63.9 Å². The standard InChI is InChI=1S/C25H36N6/c1-19(2)30(22-9-4-7-20-8-6-12-26-25(20)22)17-21-18-31-23(27-21)10-5-11-24(31)29-15-13-28(3)14-16-29/h5-6,8,10-12,19,21-22H,4,7,9,13-18H2,1-3H3. The Balaban J connectivity index is 1.31. The highest BCUT2D eigenvalue weighted by Crippen LogP contribution is 2.35. The van der Waals surface area contributed by atoms with Crippen LogP contribution >= 0.6 is 0 Å². The Bertz CT molecular complexity index is 880. The molecule has 0 spiro atoms. The molecule has 0 aromatic carbocycles. The van der Waals surface area contributed by atoms with E-state index in [1.807, 2.05) is 6.20 Å². The van der Waals surface area contributed by atoms with E-state index in [-0.39, 0.29) is 0 Å². The van der Waals surface area contributed by atoms with Crippen molar-refractivity contribution in [1.29, 1.82) is 0 Å². The number of hydrogen-bond acceptors (Lipinski definition) is 6. The minimum Gasteiger partial charge on any atom is -0.355 e. The monoisotopic (exact) mass is 420 g/mol. The number of aliphatic imine (C=N–C) groups is 1. The van der Waals surface area contributed by atoms with Crippen molar-refractivity contribution in [2.45, 2.75) is 51.2 Å². The molecule has 2 atom stereocenters. The van der Waals surface area contributed by atoms with Gasteiger partial charge in [0.05, 0.1) is 17.8 Å². The van der Waals surface area contributed by atoms with Crippen LogP contribution in [0.5, 0.6) is 0 Å². The lowest BCUT2D eigenvalue weighted by Gasteiger charge is -2.40. The van der Waals surface area contributed by atoms with Crippen LogP contribution in [0.4, 0.5) is 0 Å². The maximum Gasteiger partial charge on any atom is 0.129 e. The summed E-state index contributed by atoms with van der Waals surface area (Å²) < 4.78 is 0. The Labute approximate surface area is 186 Å². The second kappa shape index (κ2) is 8.75. The molecule has 0 bridgehead atoms. The van der Waals surface area contributed by atoms with Crippen molar-refractivity contribution in [3.05, 3.63) is 53.6 Å². The zero-order valence-corrected chi connectivity index (χ0v) is 19.2. The third-order valence-corrected chi connectivity index (χ3v) is 7.23. The van der Waals surface area contributed by atoms with Crippen LogP contribution in [0, 0.1) is 0 Å². The lowest BCUT2D eigenvalue weighted by Crippen LogP contribution is -2.49. The number of fused-ring (bicyclic) bond motifs is 2. The first-order valence-electron chi connectivity index (χ1n) is 12.0. The van der Waals surface area contributed by atoms with Gasteiger partial charge in [-0.2, -0.15) is 0 Å². The average Bonchev–Trinajstić information content (AvgIpc) is 3.20. The van der Waals surface area contributed by atoms with Gasteiger partial charge >= 0.3 is 0 Å². The maximum absolute atomic E-state index is 5.16. The maximum atomic E-state index is 5.16. The second-order valence-electron chi connectivity index (χ2n) is 9.67. The predicted molar refractivity (Wildman–Crippen MR) is 126 cm³/mol. The van der Waals surface area contributed by atoms with Crippen molar-refractivity contribution in [2.75, 3.05) is 46.3 Å². The Kier molecular flexibility index (Phi) is 5.85. The van der Waals surface area contributed by atoms with E-state index in [1.54, 1.807) is 0 Å². The van der Waals surface area contributed by atoms with E-state index in [1.165, 1.54) is 29.9 Å². The van der Waals surface area contributed by atoms with Gasteiger partial charge in [0.15, 0.2) is 0 Å². The van der Waals surface area contributed by atoms with Crippen molar-refractivity contribution in [1.82, 2.24) is 24.6 Å². The van der Waals surface area contributed by atoms with Crippen LogP contribution in [-0.4, -0.2) is 88.8 Å². The molecule has 2 unspecified atom stereocenters. The first-order valence-corrected chi connectivity index (χ1v) is 12.0. The highest BCUT2D eigenvalue weighted by atomic mass is 15.4. The Morgan fingerprint density at radius 3 is 2.84 bits per heavy atom. The number of rotatable bonds is 5. The molecule has 1 saturated heterocycles. The van der Waals surface area contributed by atoms with Crippen LogP contribution in [0.1, 0.15) is 44.0 Å². The lowest BCUT2D eigenvalue weighted by atomic mass is 9.90. The van der Waals surface area contributed by atoms with E-state index in [0.29, 0.717) is 18.1 Å². The Morgan fingerprint density at radius 1 is 1.19 bits per heavy atom. The molecule has 166 valence electrons. The highest BCUT2D eigenvalue weighted by Gasteiger charge is 2.35. The van der Waals surface area contributed by atoms with Crippen LogP contribution in [0.25, 0.3) is 0 Å². The molecule has 0 amide bonds. The van der Waals surface area contributed by atoms with E-state index in [9.17, 15) is 0 Å². The molecule has 1 fully saturated rings. The number of nitrogens with zero attached hydrogens (tertiary/aromatic N) is 6. The normalized spacial score (nSPS) is 26.2. The summed E-state index contributed by atoms with van der Waals surface area (Å²) in [5.41, 5.74) is 2.73. The average molecular weight is 421 g/mol. The molecule has 4 aliphatic rings. The molecule has 3 aliphatic heterocycles. The van der Waals surface area contributed by atoms with Crippen molar-refractivity contribution >= 4 is 5.84 Å². The number of aromatic nitrogens is 1. The number of pyridine rings is 1. The van der Waals surface area contributed by atoms with Gasteiger partial charge in [0.25, 0.3) is 0 Å². The largest absolute Gasteiger partial charge is 0.355 e. The summed E-state index contributed by atoms with van der Waals surface area (Å²) in [6.07, 6.45) is 12.2. The van der Waals surface area contributed by atoms with Gasteiger partial charge in [-0.3, -0.25) is 14.9 Å². The quantitative estimate of drug-likeness (QED) is 0.732. The van der Waals surface area contributed by atoms with Crippen molar-refractivity contribution < 1.29 is 0 Å². The molecular weight excluding hydrogens is 384 g/mol. The van der Waals surface area contributed by atoms with Gasteiger partial charge in [-0.15, -0.1) is 0 Å². The molecule has 1 aromatic rings. The van der Waals surface area contributed by atoms with Crippen molar-refractivity contribution in [3.8, 4) is 0 Å². The predicted octanol–water partition coefficient (Wildman–Crippen LogP) is 2.91. The molecule has 0 N–H and O–H groups in total. The molecule has 6 heteroatoms. The Hall–Kier alpha value is -2.18. The number of amidine groups is 1. The van der Waals surface area contributed by atoms with E-state index in [0.717, 1.165) is 51.5 Å². The number of likely N-dealkylation sites (N-methyl/N-ethyl adjacent to an activating group) is 1. The van der Waals surface area contributed by atoms with E-state index in [2.05, 4.69) is 70.9 Å². The van der Waals surface area contributed by atoms with Gasteiger partial charge < -0.3 is 14.7 Å². The van der Waals surface area contributed by atoms with Gasteiger partial charge in [0, 0.05) is 51.5 Å². The fourth-order valence-corrected chi connectivity index (χ4v) is 5.52. The molecule has 1 aliphatic carbocycles. The molecular formula is C25H36N6. The topological polar surface area (TPSA) is 38.2 Å². The molecule has 0 radical (unpaired) electrons. The van der Waals surface area contributed by atoms with Crippen molar-refractivity contribution in [3.63, 3.8) is 0 Å².